The smallest absolute Gasteiger partial charge is 0.325 e. The van der Waals surface area contributed by atoms with Crippen molar-refractivity contribution in [2.45, 2.75) is 13.0 Å². The maximum atomic E-state index is 12.9. The minimum Gasteiger partial charge on any atom is -0.480 e. The van der Waals surface area contributed by atoms with E-state index in [2.05, 4.69) is 5.32 Å². The zero-order valence-corrected chi connectivity index (χ0v) is 8.53. The van der Waals surface area contributed by atoms with Crippen molar-refractivity contribution in [3.8, 4) is 0 Å². The van der Waals surface area contributed by atoms with Gasteiger partial charge in [-0.1, -0.05) is 0 Å². The number of halogens is 1. The number of nitrogens with one attached hydrogen (secondary N) is 1. The van der Waals surface area contributed by atoms with Gasteiger partial charge in [0.05, 0.1) is 5.56 Å². The van der Waals surface area contributed by atoms with Gasteiger partial charge in [0.15, 0.2) is 0 Å². The average Bonchev–Trinajstić information content (AvgIpc) is 2.21. The summed E-state index contributed by atoms with van der Waals surface area (Å²) < 4.78 is 12.9. The number of amides is 1. The molecule has 1 amide bonds. The molecule has 1 aromatic rings. The van der Waals surface area contributed by atoms with Crippen molar-refractivity contribution in [2.75, 3.05) is 5.73 Å². The molecule has 0 saturated carbocycles. The van der Waals surface area contributed by atoms with Gasteiger partial charge >= 0.3 is 5.97 Å². The second-order valence-corrected chi connectivity index (χ2v) is 3.26. The van der Waals surface area contributed by atoms with E-state index >= 15 is 0 Å². The van der Waals surface area contributed by atoms with Gasteiger partial charge in [0.1, 0.15) is 11.9 Å². The molecule has 0 spiro atoms. The van der Waals surface area contributed by atoms with Crippen molar-refractivity contribution in [2.24, 2.45) is 0 Å². The summed E-state index contributed by atoms with van der Waals surface area (Å²) in [6, 6.07) is 2.26. The Morgan fingerprint density at radius 1 is 1.50 bits per heavy atom. The summed E-state index contributed by atoms with van der Waals surface area (Å²) >= 11 is 0. The third-order valence-corrected chi connectivity index (χ3v) is 1.98. The van der Waals surface area contributed by atoms with E-state index in [1.807, 2.05) is 0 Å². The molecule has 1 rings (SSSR count). The van der Waals surface area contributed by atoms with E-state index in [4.69, 9.17) is 10.8 Å². The molecular formula is C10H11FN2O3. The van der Waals surface area contributed by atoms with E-state index in [0.29, 0.717) is 0 Å². The SMILES string of the molecule is CC(NC(=O)c1cc(F)ccc1N)C(=O)O. The minimum absolute atomic E-state index is 0.0758. The van der Waals surface area contributed by atoms with Gasteiger partial charge in [-0.05, 0) is 25.1 Å². The fourth-order valence-corrected chi connectivity index (χ4v) is 1.06. The lowest BCUT2D eigenvalue weighted by molar-refractivity contribution is -0.138. The number of carboxylic acids is 1. The maximum Gasteiger partial charge on any atom is 0.325 e. The minimum atomic E-state index is -1.18. The Bertz CT molecular complexity index is 434. The third kappa shape index (κ3) is 2.69. The average molecular weight is 226 g/mol. The second kappa shape index (κ2) is 4.61. The Kier molecular flexibility index (Phi) is 3.44. The molecular weight excluding hydrogens is 215 g/mol. The molecule has 1 atom stereocenters. The van der Waals surface area contributed by atoms with Crippen LogP contribution in [0.25, 0.3) is 0 Å². The predicted octanol–water partition coefficient (Wildman–Crippen LogP) is 0.611. The molecule has 1 unspecified atom stereocenters. The monoisotopic (exact) mass is 226 g/mol. The van der Waals surface area contributed by atoms with Crippen LogP contribution in [0.1, 0.15) is 17.3 Å². The molecule has 0 aliphatic carbocycles. The van der Waals surface area contributed by atoms with Gasteiger partial charge in [0.2, 0.25) is 0 Å². The van der Waals surface area contributed by atoms with E-state index in [9.17, 15) is 14.0 Å². The van der Waals surface area contributed by atoms with Gasteiger partial charge in [0, 0.05) is 5.69 Å². The standard InChI is InChI=1S/C10H11FN2O3/c1-5(10(15)16)13-9(14)7-4-6(11)2-3-8(7)12/h2-5H,12H2,1H3,(H,13,14)(H,15,16). The Labute approximate surface area is 91.1 Å². The first-order valence-electron chi connectivity index (χ1n) is 4.50. The summed E-state index contributed by atoms with van der Waals surface area (Å²) in [6.45, 7) is 1.30. The summed E-state index contributed by atoms with van der Waals surface area (Å²) in [6.07, 6.45) is 0. The highest BCUT2D eigenvalue weighted by molar-refractivity contribution is 6.00. The number of rotatable bonds is 3. The van der Waals surface area contributed by atoms with E-state index in [1.165, 1.54) is 13.0 Å². The van der Waals surface area contributed by atoms with Crippen LogP contribution in [0.4, 0.5) is 10.1 Å². The normalized spacial score (nSPS) is 11.9. The second-order valence-electron chi connectivity index (χ2n) is 3.26. The molecule has 0 bridgehead atoms. The van der Waals surface area contributed by atoms with Crippen LogP contribution >= 0.6 is 0 Å². The number of carboxylic acid groups (broad SMARTS) is 1. The van der Waals surface area contributed by atoms with Crippen LogP contribution < -0.4 is 11.1 Å². The van der Waals surface area contributed by atoms with Gasteiger partial charge in [-0.2, -0.15) is 0 Å². The molecule has 6 heteroatoms. The first-order chi connectivity index (χ1) is 7.41. The summed E-state index contributed by atoms with van der Waals surface area (Å²) in [5, 5.41) is 10.8. The molecule has 5 nitrogen and oxygen atoms in total. The van der Waals surface area contributed by atoms with Crippen LogP contribution in [0.5, 0.6) is 0 Å². The predicted molar refractivity (Wildman–Crippen MR) is 55.4 cm³/mol. The van der Waals surface area contributed by atoms with Crippen molar-refractivity contribution in [3.63, 3.8) is 0 Å². The Morgan fingerprint density at radius 2 is 2.12 bits per heavy atom. The number of hydrogen-bond acceptors (Lipinski definition) is 3. The lowest BCUT2D eigenvalue weighted by atomic mass is 10.1. The van der Waals surface area contributed by atoms with Crippen LogP contribution in [0.2, 0.25) is 0 Å². The summed E-state index contributed by atoms with van der Waals surface area (Å²) in [4.78, 5) is 22.0. The van der Waals surface area contributed by atoms with Gasteiger partial charge in [-0.3, -0.25) is 9.59 Å². The topological polar surface area (TPSA) is 92.4 Å². The van der Waals surface area contributed by atoms with E-state index < -0.39 is 23.7 Å². The summed E-state index contributed by atoms with van der Waals surface area (Å²) in [7, 11) is 0. The lowest BCUT2D eigenvalue weighted by Crippen LogP contribution is -2.38. The van der Waals surface area contributed by atoms with Crippen LogP contribution in [0.15, 0.2) is 18.2 Å². The molecule has 4 N–H and O–H groups in total. The molecule has 0 radical (unpaired) electrons. The zero-order chi connectivity index (χ0) is 12.3. The Morgan fingerprint density at radius 3 is 2.69 bits per heavy atom. The Balaban J connectivity index is 2.88. The number of anilines is 1. The largest absolute Gasteiger partial charge is 0.480 e. The molecule has 0 fully saturated rings. The van der Waals surface area contributed by atoms with E-state index in [1.54, 1.807) is 0 Å². The maximum absolute atomic E-state index is 12.9. The first kappa shape index (κ1) is 12.0. The number of nitrogen functional groups attached to an aromatic ring is 1. The van der Waals surface area contributed by atoms with Crippen molar-refractivity contribution in [1.29, 1.82) is 0 Å². The highest BCUT2D eigenvalue weighted by Gasteiger charge is 2.17. The first-order valence-corrected chi connectivity index (χ1v) is 4.50. The van der Waals surface area contributed by atoms with E-state index in [-0.39, 0.29) is 11.3 Å². The number of aliphatic carboxylic acids is 1. The molecule has 16 heavy (non-hydrogen) atoms. The van der Waals surface area contributed by atoms with Crippen molar-refractivity contribution in [3.05, 3.63) is 29.6 Å². The van der Waals surface area contributed by atoms with Gasteiger partial charge in [0.25, 0.3) is 5.91 Å². The van der Waals surface area contributed by atoms with Crippen LogP contribution in [0.3, 0.4) is 0 Å². The van der Waals surface area contributed by atoms with Crippen LogP contribution in [-0.4, -0.2) is 23.0 Å². The molecule has 86 valence electrons. The number of nitrogens with two attached hydrogens (primary N) is 1. The number of hydrogen-bond donors (Lipinski definition) is 3. The third-order valence-electron chi connectivity index (χ3n) is 1.98. The van der Waals surface area contributed by atoms with E-state index in [0.717, 1.165) is 12.1 Å². The fraction of sp³-hybridized carbons (Fsp3) is 0.200. The molecule has 0 aromatic heterocycles. The highest BCUT2D eigenvalue weighted by Crippen LogP contribution is 2.13. The molecule has 0 heterocycles. The molecule has 0 aliphatic rings. The van der Waals surface area contributed by atoms with Gasteiger partial charge in [-0.25, -0.2) is 4.39 Å². The quantitative estimate of drug-likeness (QED) is 0.658. The van der Waals surface area contributed by atoms with Crippen LogP contribution in [0, 0.1) is 5.82 Å². The molecule has 1 aromatic carbocycles. The number of carbonyl (C=O) groups excluding carboxylic acids is 1. The number of carbonyl (C=O) groups is 2. The molecule has 0 aliphatic heterocycles. The van der Waals surface area contributed by atoms with Gasteiger partial charge in [-0.15, -0.1) is 0 Å². The number of benzene rings is 1. The van der Waals surface area contributed by atoms with Crippen LogP contribution in [-0.2, 0) is 4.79 Å². The van der Waals surface area contributed by atoms with Crippen molar-refractivity contribution >= 4 is 17.6 Å². The van der Waals surface area contributed by atoms with Gasteiger partial charge < -0.3 is 16.2 Å². The zero-order valence-electron chi connectivity index (χ0n) is 8.53. The lowest BCUT2D eigenvalue weighted by Gasteiger charge is -2.10. The Hall–Kier alpha value is -2.11. The summed E-state index contributed by atoms with van der Waals surface area (Å²) in [5.41, 5.74) is 5.49. The highest BCUT2D eigenvalue weighted by atomic mass is 19.1. The van der Waals surface area contributed by atoms with Crippen molar-refractivity contribution < 1.29 is 19.1 Å². The molecule has 0 saturated heterocycles. The van der Waals surface area contributed by atoms with Crippen molar-refractivity contribution in [1.82, 2.24) is 5.32 Å². The summed E-state index contributed by atoms with van der Waals surface area (Å²) in [5.74, 6) is -2.50. The fourth-order valence-electron chi connectivity index (χ4n) is 1.06.